The lowest BCUT2D eigenvalue weighted by Gasteiger charge is -2.28. The Morgan fingerprint density at radius 3 is 2.89 bits per heavy atom. The van der Waals surface area contributed by atoms with Crippen molar-refractivity contribution < 1.29 is 4.74 Å². The zero-order valence-corrected chi connectivity index (χ0v) is 12.3. The van der Waals surface area contributed by atoms with Crippen molar-refractivity contribution >= 4 is 5.95 Å². The molecule has 1 aromatic rings. The minimum absolute atomic E-state index is 0.632. The lowest BCUT2D eigenvalue weighted by Crippen LogP contribution is -2.19. The van der Waals surface area contributed by atoms with Crippen molar-refractivity contribution in [3.05, 3.63) is 12.4 Å². The Balaban J connectivity index is 1.80. The second-order valence-corrected chi connectivity index (χ2v) is 5.55. The number of nitrogens with one attached hydrogen (secondary N) is 1. The minimum atomic E-state index is 0.632. The van der Waals surface area contributed by atoms with E-state index in [1.807, 2.05) is 13.1 Å². The molecule has 1 fully saturated rings. The molecule has 0 bridgehead atoms. The summed E-state index contributed by atoms with van der Waals surface area (Å²) in [6, 6.07) is 0.632. The summed E-state index contributed by atoms with van der Waals surface area (Å²) in [6.45, 7) is 6.95. The Kier molecular flexibility index (Phi) is 5.70. The van der Waals surface area contributed by atoms with E-state index in [9.17, 15) is 0 Å². The van der Waals surface area contributed by atoms with Crippen LogP contribution in [0.1, 0.15) is 52.0 Å². The van der Waals surface area contributed by atoms with Crippen LogP contribution in [0.15, 0.2) is 12.4 Å². The molecule has 19 heavy (non-hydrogen) atoms. The molecular weight excluding hydrogens is 238 g/mol. The standard InChI is InChI=1S/C15H27N3O/c1-3-19-12-4-9-16-15-17-10-11-18(15)14-7-5-13(2)6-8-14/h10-11,13-14H,3-9,12H2,1-2H3,(H,16,17). The number of aromatic nitrogens is 2. The number of anilines is 1. The molecule has 2 rings (SSSR count). The molecule has 0 aliphatic heterocycles. The fourth-order valence-electron chi connectivity index (χ4n) is 2.78. The first-order chi connectivity index (χ1) is 9.31. The second kappa shape index (κ2) is 7.53. The van der Waals surface area contributed by atoms with E-state index >= 15 is 0 Å². The zero-order chi connectivity index (χ0) is 13.5. The molecule has 108 valence electrons. The maximum Gasteiger partial charge on any atom is 0.203 e. The second-order valence-electron chi connectivity index (χ2n) is 5.55. The molecule has 0 atom stereocenters. The van der Waals surface area contributed by atoms with Gasteiger partial charge in [0.1, 0.15) is 0 Å². The molecule has 0 unspecified atom stereocenters. The van der Waals surface area contributed by atoms with Crippen molar-refractivity contribution in [2.75, 3.05) is 25.1 Å². The van der Waals surface area contributed by atoms with Crippen LogP contribution in [0.25, 0.3) is 0 Å². The molecule has 1 aromatic heterocycles. The summed E-state index contributed by atoms with van der Waals surface area (Å²) < 4.78 is 7.67. The van der Waals surface area contributed by atoms with Gasteiger partial charge in [-0.1, -0.05) is 6.92 Å². The first kappa shape index (κ1) is 14.4. The monoisotopic (exact) mass is 265 g/mol. The molecule has 1 heterocycles. The molecule has 0 aromatic carbocycles. The van der Waals surface area contributed by atoms with Gasteiger partial charge in [-0.3, -0.25) is 0 Å². The Hall–Kier alpha value is -1.03. The van der Waals surface area contributed by atoms with Gasteiger partial charge in [-0.15, -0.1) is 0 Å². The largest absolute Gasteiger partial charge is 0.382 e. The lowest BCUT2D eigenvalue weighted by molar-refractivity contribution is 0.147. The van der Waals surface area contributed by atoms with E-state index in [4.69, 9.17) is 4.74 Å². The minimum Gasteiger partial charge on any atom is -0.382 e. The third-order valence-electron chi connectivity index (χ3n) is 4.00. The fraction of sp³-hybridized carbons (Fsp3) is 0.800. The zero-order valence-electron chi connectivity index (χ0n) is 12.3. The SMILES string of the molecule is CCOCCCNc1nccn1C1CCC(C)CC1. The van der Waals surface area contributed by atoms with Crippen molar-refractivity contribution in [3.8, 4) is 0 Å². The van der Waals surface area contributed by atoms with Crippen molar-refractivity contribution in [1.29, 1.82) is 0 Å². The average Bonchev–Trinajstić information content (AvgIpc) is 2.88. The summed E-state index contributed by atoms with van der Waals surface area (Å²) in [4.78, 5) is 4.44. The number of rotatable bonds is 7. The van der Waals surface area contributed by atoms with Gasteiger partial charge in [-0.2, -0.15) is 0 Å². The van der Waals surface area contributed by atoms with Gasteiger partial charge in [0.15, 0.2) is 0 Å². The van der Waals surface area contributed by atoms with Crippen molar-refractivity contribution in [1.82, 2.24) is 9.55 Å². The normalized spacial score (nSPS) is 23.5. The van der Waals surface area contributed by atoms with Crippen LogP contribution >= 0.6 is 0 Å². The van der Waals surface area contributed by atoms with Crippen LogP contribution in [0.5, 0.6) is 0 Å². The highest BCUT2D eigenvalue weighted by Gasteiger charge is 2.21. The first-order valence-corrected chi connectivity index (χ1v) is 7.65. The highest BCUT2D eigenvalue weighted by molar-refractivity contribution is 5.26. The average molecular weight is 265 g/mol. The van der Waals surface area contributed by atoms with E-state index in [1.165, 1.54) is 25.7 Å². The Bertz CT molecular complexity index is 356. The molecule has 1 aliphatic rings. The summed E-state index contributed by atoms with van der Waals surface area (Å²) in [5, 5.41) is 3.43. The van der Waals surface area contributed by atoms with Gasteiger partial charge < -0.3 is 14.6 Å². The molecule has 1 saturated carbocycles. The molecule has 4 heteroatoms. The van der Waals surface area contributed by atoms with E-state index in [-0.39, 0.29) is 0 Å². The van der Waals surface area contributed by atoms with Gasteiger partial charge in [0.2, 0.25) is 5.95 Å². The lowest BCUT2D eigenvalue weighted by atomic mass is 9.87. The summed E-state index contributed by atoms with van der Waals surface area (Å²) in [5.74, 6) is 1.92. The first-order valence-electron chi connectivity index (χ1n) is 7.65. The summed E-state index contributed by atoms with van der Waals surface area (Å²) >= 11 is 0. The highest BCUT2D eigenvalue weighted by atomic mass is 16.5. The Morgan fingerprint density at radius 1 is 1.37 bits per heavy atom. The number of ether oxygens (including phenoxy) is 1. The maximum atomic E-state index is 5.34. The van der Waals surface area contributed by atoms with Gasteiger partial charge in [-0.05, 0) is 44.9 Å². The molecule has 0 spiro atoms. The van der Waals surface area contributed by atoms with Crippen molar-refractivity contribution in [2.24, 2.45) is 5.92 Å². The number of hydrogen-bond acceptors (Lipinski definition) is 3. The van der Waals surface area contributed by atoms with Crippen molar-refractivity contribution in [2.45, 2.75) is 52.0 Å². The van der Waals surface area contributed by atoms with Crippen LogP contribution in [-0.2, 0) is 4.74 Å². The van der Waals surface area contributed by atoms with Crippen LogP contribution < -0.4 is 5.32 Å². The third-order valence-corrected chi connectivity index (χ3v) is 4.00. The van der Waals surface area contributed by atoms with Crippen molar-refractivity contribution in [3.63, 3.8) is 0 Å². The molecule has 0 saturated heterocycles. The fourth-order valence-corrected chi connectivity index (χ4v) is 2.78. The Labute approximate surface area is 116 Å². The van der Waals surface area contributed by atoms with Gasteiger partial charge in [0.05, 0.1) is 0 Å². The summed E-state index contributed by atoms with van der Waals surface area (Å²) in [6.07, 6.45) is 10.3. The topological polar surface area (TPSA) is 39.1 Å². The maximum absolute atomic E-state index is 5.34. The van der Waals surface area contributed by atoms with E-state index in [2.05, 4.69) is 28.0 Å². The van der Waals surface area contributed by atoms with E-state index in [1.54, 1.807) is 0 Å². The van der Waals surface area contributed by atoms with Gasteiger partial charge in [0, 0.05) is 38.2 Å². The predicted octanol–water partition coefficient (Wildman–Crippen LogP) is 3.47. The summed E-state index contributed by atoms with van der Waals surface area (Å²) in [7, 11) is 0. The Morgan fingerprint density at radius 2 is 2.16 bits per heavy atom. The number of hydrogen-bond donors (Lipinski definition) is 1. The van der Waals surface area contributed by atoms with Crippen LogP contribution in [0.2, 0.25) is 0 Å². The molecule has 0 amide bonds. The smallest absolute Gasteiger partial charge is 0.203 e. The van der Waals surface area contributed by atoms with Gasteiger partial charge in [0.25, 0.3) is 0 Å². The highest BCUT2D eigenvalue weighted by Crippen LogP contribution is 2.33. The molecule has 0 radical (unpaired) electrons. The van der Waals surface area contributed by atoms with E-state index in [0.717, 1.165) is 38.0 Å². The van der Waals surface area contributed by atoms with E-state index < -0.39 is 0 Å². The number of imidazole rings is 1. The quantitative estimate of drug-likeness (QED) is 0.767. The van der Waals surface area contributed by atoms with Gasteiger partial charge >= 0.3 is 0 Å². The molecule has 1 aliphatic carbocycles. The molecule has 1 N–H and O–H groups in total. The number of nitrogens with zero attached hydrogens (tertiary/aromatic N) is 2. The summed E-state index contributed by atoms with van der Waals surface area (Å²) in [5.41, 5.74) is 0. The third kappa shape index (κ3) is 4.23. The van der Waals surface area contributed by atoms with Crippen LogP contribution in [0.3, 0.4) is 0 Å². The van der Waals surface area contributed by atoms with E-state index in [0.29, 0.717) is 6.04 Å². The molecule has 4 nitrogen and oxygen atoms in total. The van der Waals surface area contributed by atoms with Crippen LogP contribution in [0, 0.1) is 5.92 Å². The predicted molar refractivity (Wildman–Crippen MR) is 78.5 cm³/mol. The van der Waals surface area contributed by atoms with Crippen LogP contribution in [0.4, 0.5) is 5.95 Å². The van der Waals surface area contributed by atoms with Gasteiger partial charge in [-0.25, -0.2) is 4.98 Å². The molecular formula is C15H27N3O. The van der Waals surface area contributed by atoms with Crippen LogP contribution in [-0.4, -0.2) is 29.3 Å².